The van der Waals surface area contributed by atoms with Crippen LogP contribution in [0.3, 0.4) is 0 Å². The van der Waals surface area contributed by atoms with Crippen molar-refractivity contribution in [3.63, 3.8) is 0 Å². The van der Waals surface area contributed by atoms with Crippen LogP contribution < -0.4 is 9.46 Å². The van der Waals surface area contributed by atoms with Crippen LogP contribution in [0, 0.1) is 0 Å². The van der Waals surface area contributed by atoms with Gasteiger partial charge in [-0.25, -0.2) is 8.42 Å². The lowest BCUT2D eigenvalue weighted by atomic mass is 9.93. The summed E-state index contributed by atoms with van der Waals surface area (Å²) in [6.45, 7) is 1.85. The zero-order chi connectivity index (χ0) is 16.3. The van der Waals surface area contributed by atoms with E-state index in [1.54, 1.807) is 7.11 Å². The van der Waals surface area contributed by atoms with Gasteiger partial charge in [0.15, 0.2) is 0 Å². The fourth-order valence-corrected chi connectivity index (χ4v) is 2.92. The molecule has 0 aliphatic heterocycles. The maximum absolute atomic E-state index is 12.1. The average molecular weight is 321 g/mol. The summed E-state index contributed by atoms with van der Waals surface area (Å²) in [7, 11) is -1.94. The molecule has 0 heterocycles. The third kappa shape index (κ3) is 3.76. The van der Waals surface area contributed by atoms with Crippen LogP contribution in [0.4, 0.5) is 0 Å². The van der Waals surface area contributed by atoms with Gasteiger partial charge in [-0.1, -0.05) is 31.2 Å². The van der Waals surface area contributed by atoms with Gasteiger partial charge in [-0.05, 0) is 34.9 Å². The SMILES string of the molecule is CCC(C(=O)NS(C)(=O)=O)c1ccc2cc(OC)ccc2c1. The van der Waals surface area contributed by atoms with E-state index >= 15 is 0 Å². The van der Waals surface area contributed by atoms with Crippen LogP contribution >= 0.6 is 0 Å². The van der Waals surface area contributed by atoms with Crippen LogP contribution in [0.5, 0.6) is 5.75 Å². The number of methoxy groups -OCH3 is 1. The second-order valence-corrected chi connectivity index (χ2v) is 6.92. The van der Waals surface area contributed by atoms with Gasteiger partial charge in [0.1, 0.15) is 5.75 Å². The normalized spacial score (nSPS) is 12.9. The van der Waals surface area contributed by atoms with E-state index in [4.69, 9.17) is 4.74 Å². The Bertz CT molecular complexity index is 799. The molecule has 118 valence electrons. The summed E-state index contributed by atoms with van der Waals surface area (Å²) in [5.41, 5.74) is 0.793. The van der Waals surface area contributed by atoms with Gasteiger partial charge in [-0.2, -0.15) is 0 Å². The number of fused-ring (bicyclic) bond motifs is 1. The molecule has 5 nitrogen and oxygen atoms in total. The summed E-state index contributed by atoms with van der Waals surface area (Å²) >= 11 is 0. The molecule has 2 aromatic rings. The molecule has 2 aromatic carbocycles. The van der Waals surface area contributed by atoms with E-state index < -0.39 is 21.8 Å². The highest BCUT2D eigenvalue weighted by Crippen LogP contribution is 2.27. The number of hydrogen-bond acceptors (Lipinski definition) is 4. The number of amides is 1. The maximum Gasteiger partial charge on any atom is 0.240 e. The van der Waals surface area contributed by atoms with Gasteiger partial charge >= 0.3 is 0 Å². The number of ether oxygens (including phenoxy) is 1. The van der Waals surface area contributed by atoms with E-state index in [1.807, 2.05) is 48.0 Å². The van der Waals surface area contributed by atoms with E-state index in [0.29, 0.717) is 6.42 Å². The van der Waals surface area contributed by atoms with Crippen LogP contribution in [0.1, 0.15) is 24.8 Å². The van der Waals surface area contributed by atoms with Gasteiger partial charge in [0.25, 0.3) is 0 Å². The van der Waals surface area contributed by atoms with E-state index in [1.165, 1.54) is 0 Å². The Labute approximate surface area is 130 Å². The smallest absolute Gasteiger partial charge is 0.240 e. The highest BCUT2D eigenvalue weighted by Gasteiger charge is 2.21. The Morgan fingerprint density at radius 2 is 1.82 bits per heavy atom. The third-order valence-electron chi connectivity index (χ3n) is 3.48. The Hall–Kier alpha value is -2.08. The van der Waals surface area contributed by atoms with Crippen molar-refractivity contribution in [2.24, 2.45) is 0 Å². The predicted octanol–water partition coefficient (Wildman–Crippen LogP) is 2.42. The largest absolute Gasteiger partial charge is 0.497 e. The second-order valence-electron chi connectivity index (χ2n) is 5.17. The lowest BCUT2D eigenvalue weighted by molar-refractivity contribution is -0.120. The molecule has 0 fully saturated rings. The van der Waals surface area contributed by atoms with Crippen molar-refractivity contribution >= 4 is 26.7 Å². The van der Waals surface area contributed by atoms with Crippen molar-refractivity contribution in [3.8, 4) is 5.75 Å². The standard InChI is InChI=1S/C16H19NO4S/c1-4-15(16(18)17-22(3,19)20)13-6-5-12-10-14(21-2)8-7-11(12)9-13/h5-10,15H,4H2,1-3H3,(H,17,18). The van der Waals surface area contributed by atoms with Crippen molar-refractivity contribution in [2.45, 2.75) is 19.3 Å². The molecule has 0 saturated heterocycles. The minimum atomic E-state index is -3.55. The zero-order valence-corrected chi connectivity index (χ0v) is 13.6. The summed E-state index contributed by atoms with van der Waals surface area (Å²) in [4.78, 5) is 12.1. The topological polar surface area (TPSA) is 72.5 Å². The van der Waals surface area contributed by atoms with Gasteiger partial charge in [0.05, 0.1) is 19.3 Å². The zero-order valence-electron chi connectivity index (χ0n) is 12.8. The molecule has 0 bridgehead atoms. The first-order valence-electron chi connectivity index (χ1n) is 6.93. The third-order valence-corrected chi connectivity index (χ3v) is 4.06. The minimum Gasteiger partial charge on any atom is -0.497 e. The highest BCUT2D eigenvalue weighted by atomic mass is 32.2. The monoisotopic (exact) mass is 321 g/mol. The summed E-state index contributed by atoms with van der Waals surface area (Å²) in [5.74, 6) is -0.235. The van der Waals surface area contributed by atoms with Gasteiger partial charge in [-0.3, -0.25) is 9.52 Å². The summed E-state index contributed by atoms with van der Waals surface area (Å²) in [5, 5.41) is 1.98. The van der Waals surface area contributed by atoms with E-state index in [0.717, 1.165) is 28.3 Å². The molecule has 2 rings (SSSR count). The van der Waals surface area contributed by atoms with Gasteiger partial charge in [-0.15, -0.1) is 0 Å². The number of benzene rings is 2. The van der Waals surface area contributed by atoms with Crippen molar-refractivity contribution in [1.29, 1.82) is 0 Å². The molecule has 0 aromatic heterocycles. The van der Waals surface area contributed by atoms with Crippen LogP contribution in [0.15, 0.2) is 36.4 Å². The molecular weight excluding hydrogens is 302 g/mol. The Morgan fingerprint density at radius 1 is 1.18 bits per heavy atom. The van der Waals surface area contributed by atoms with Crippen LogP contribution in [-0.4, -0.2) is 27.7 Å². The quantitative estimate of drug-likeness (QED) is 0.918. The first-order valence-corrected chi connectivity index (χ1v) is 8.82. The Kier molecular flexibility index (Phi) is 4.71. The van der Waals surface area contributed by atoms with Crippen LogP contribution in [-0.2, 0) is 14.8 Å². The number of carbonyl (C=O) groups excluding carboxylic acids is 1. The fraction of sp³-hybridized carbons (Fsp3) is 0.312. The van der Waals surface area contributed by atoms with Crippen molar-refractivity contribution < 1.29 is 17.9 Å². The molecule has 1 amide bonds. The lowest BCUT2D eigenvalue weighted by Crippen LogP contribution is -2.33. The number of hydrogen-bond donors (Lipinski definition) is 1. The summed E-state index contributed by atoms with van der Waals surface area (Å²) in [6.07, 6.45) is 1.49. The molecule has 0 saturated carbocycles. The number of nitrogens with one attached hydrogen (secondary N) is 1. The first kappa shape index (κ1) is 16.3. The molecular formula is C16H19NO4S. The molecule has 6 heteroatoms. The van der Waals surface area contributed by atoms with Crippen molar-refractivity contribution in [3.05, 3.63) is 42.0 Å². The number of sulfonamides is 1. The minimum absolute atomic E-state index is 0.499. The first-order chi connectivity index (χ1) is 10.3. The van der Waals surface area contributed by atoms with E-state index in [2.05, 4.69) is 0 Å². The predicted molar refractivity (Wildman–Crippen MR) is 86.5 cm³/mol. The molecule has 0 radical (unpaired) electrons. The van der Waals surface area contributed by atoms with E-state index in [9.17, 15) is 13.2 Å². The molecule has 22 heavy (non-hydrogen) atoms. The molecule has 0 aliphatic carbocycles. The van der Waals surface area contributed by atoms with E-state index in [-0.39, 0.29) is 0 Å². The van der Waals surface area contributed by atoms with Crippen molar-refractivity contribution in [2.75, 3.05) is 13.4 Å². The number of carbonyl (C=O) groups is 1. The van der Waals surface area contributed by atoms with Crippen LogP contribution in [0.2, 0.25) is 0 Å². The summed E-state index contributed by atoms with van der Waals surface area (Å²) in [6, 6.07) is 11.3. The average Bonchev–Trinajstić information content (AvgIpc) is 2.45. The lowest BCUT2D eigenvalue weighted by Gasteiger charge is -2.15. The molecule has 0 spiro atoms. The molecule has 0 aliphatic rings. The Morgan fingerprint density at radius 3 is 2.41 bits per heavy atom. The van der Waals surface area contributed by atoms with Gasteiger partial charge in [0, 0.05) is 0 Å². The molecule has 1 unspecified atom stereocenters. The second kappa shape index (κ2) is 6.36. The van der Waals surface area contributed by atoms with Gasteiger partial charge < -0.3 is 4.74 Å². The Balaban J connectivity index is 2.37. The van der Waals surface area contributed by atoms with Gasteiger partial charge in [0.2, 0.25) is 15.9 Å². The number of rotatable bonds is 5. The van der Waals surface area contributed by atoms with Crippen molar-refractivity contribution in [1.82, 2.24) is 4.72 Å². The highest BCUT2D eigenvalue weighted by molar-refractivity contribution is 7.89. The molecule has 1 N–H and O–H groups in total. The summed E-state index contributed by atoms with van der Waals surface area (Å²) < 4.78 is 29.7. The molecule has 1 atom stereocenters. The van der Waals surface area contributed by atoms with Crippen LogP contribution in [0.25, 0.3) is 10.8 Å². The maximum atomic E-state index is 12.1. The fourth-order valence-electron chi connectivity index (χ4n) is 2.41.